The Morgan fingerprint density at radius 2 is 1.69 bits per heavy atom. The number of sulfonamides is 1. The minimum Gasteiger partial charge on any atom is -0.475 e. The quantitative estimate of drug-likeness (QED) is 0.606. The summed E-state index contributed by atoms with van der Waals surface area (Å²) in [4.78, 5) is 15.8. The van der Waals surface area contributed by atoms with Crippen LogP contribution in [0.3, 0.4) is 0 Å². The third-order valence-corrected chi connectivity index (χ3v) is 3.68. The summed E-state index contributed by atoms with van der Waals surface area (Å²) in [6, 6.07) is 5.92. The van der Waals surface area contributed by atoms with Crippen LogP contribution in [0.1, 0.15) is 5.69 Å². The van der Waals surface area contributed by atoms with Crippen molar-refractivity contribution in [3.8, 4) is 0 Å². The number of hydrogen-bond acceptors (Lipinski definition) is 5. The molecule has 13 heteroatoms. The van der Waals surface area contributed by atoms with Crippen molar-refractivity contribution >= 4 is 21.8 Å². The third kappa shape index (κ3) is 6.23. The molecular weight excluding hydrogens is 389 g/mol. The summed E-state index contributed by atoms with van der Waals surface area (Å²) < 4.78 is 83.8. The van der Waals surface area contributed by atoms with E-state index in [1.807, 2.05) is 4.72 Å². The first-order chi connectivity index (χ1) is 11.8. The lowest BCUT2D eigenvalue weighted by Gasteiger charge is -2.07. The molecule has 0 aliphatic carbocycles. The summed E-state index contributed by atoms with van der Waals surface area (Å²) in [6.45, 7) is 1.53. The fourth-order valence-electron chi connectivity index (χ4n) is 1.36. The van der Waals surface area contributed by atoms with Gasteiger partial charge in [-0.2, -0.15) is 26.0 Å². The van der Waals surface area contributed by atoms with Crippen LogP contribution < -0.4 is 4.72 Å². The molecule has 0 spiro atoms. The maximum Gasteiger partial charge on any atom is 0.490 e. The van der Waals surface area contributed by atoms with E-state index in [2.05, 4.69) is 9.97 Å². The first-order valence-corrected chi connectivity index (χ1v) is 7.90. The summed E-state index contributed by atoms with van der Waals surface area (Å²) in [6.07, 6.45) is -5.08. The number of carboxylic acid groups (broad SMARTS) is 1. The number of aryl methyl sites for hydroxylation is 1. The normalized spacial score (nSPS) is 11.3. The molecule has 7 nitrogen and oxygen atoms in total. The molecule has 2 rings (SSSR count). The molecule has 2 heterocycles. The van der Waals surface area contributed by atoms with E-state index in [1.165, 1.54) is 25.1 Å². The average molecular weight is 399 g/mol. The smallest absolute Gasteiger partial charge is 0.475 e. The Morgan fingerprint density at radius 3 is 2.19 bits per heavy atom. The highest BCUT2D eigenvalue weighted by atomic mass is 32.2. The van der Waals surface area contributed by atoms with Crippen molar-refractivity contribution in [2.75, 3.05) is 4.72 Å². The van der Waals surface area contributed by atoms with Crippen molar-refractivity contribution < 1.29 is 40.3 Å². The monoisotopic (exact) mass is 399 g/mol. The Bertz CT molecular complexity index is 903. The molecule has 0 radical (unpaired) electrons. The second-order valence-electron chi connectivity index (χ2n) is 4.49. The lowest BCUT2D eigenvalue weighted by Crippen LogP contribution is -2.21. The van der Waals surface area contributed by atoms with E-state index in [0.717, 1.165) is 12.1 Å². The molecule has 0 bridgehead atoms. The largest absolute Gasteiger partial charge is 0.490 e. The number of anilines is 1. The summed E-state index contributed by atoms with van der Waals surface area (Å²) in [5.41, 5.74) is 0.342. The molecule has 0 aliphatic rings. The number of carboxylic acids is 1. The molecule has 0 unspecified atom stereocenters. The fourth-order valence-corrected chi connectivity index (χ4v) is 2.43. The Labute approximate surface area is 143 Å². The van der Waals surface area contributed by atoms with Gasteiger partial charge in [0.1, 0.15) is 5.82 Å². The van der Waals surface area contributed by atoms with Gasteiger partial charge in [-0.05, 0) is 31.2 Å². The molecule has 0 atom stereocenters. The highest BCUT2D eigenvalue weighted by Crippen LogP contribution is 2.16. The van der Waals surface area contributed by atoms with Crippen LogP contribution >= 0.6 is 0 Å². The van der Waals surface area contributed by atoms with E-state index in [4.69, 9.17) is 9.90 Å². The number of carbonyl (C=O) groups is 1. The van der Waals surface area contributed by atoms with E-state index in [9.17, 15) is 30.4 Å². The number of aliphatic carboxylic acids is 1. The molecule has 26 heavy (non-hydrogen) atoms. The maximum atomic E-state index is 13.5. The molecule has 0 fully saturated rings. The van der Waals surface area contributed by atoms with Crippen LogP contribution in [0.5, 0.6) is 0 Å². The predicted octanol–water partition coefficient (Wildman–Crippen LogP) is 2.50. The summed E-state index contributed by atoms with van der Waals surface area (Å²) in [5.74, 6) is -4.84. The number of alkyl halides is 3. The van der Waals surface area contributed by atoms with Crippen LogP contribution in [0.15, 0.2) is 35.4 Å². The number of halogens is 5. The van der Waals surface area contributed by atoms with Crippen molar-refractivity contribution in [1.82, 2.24) is 9.97 Å². The number of rotatable bonds is 3. The van der Waals surface area contributed by atoms with Gasteiger partial charge in [0, 0.05) is 5.69 Å². The van der Waals surface area contributed by atoms with Crippen LogP contribution in [0.4, 0.5) is 27.8 Å². The molecular formula is C13H10F5N3O4S. The average Bonchev–Trinajstić information content (AvgIpc) is 2.49. The summed E-state index contributed by atoms with van der Waals surface area (Å²) in [7, 11) is -4.25. The van der Waals surface area contributed by atoms with Gasteiger partial charge < -0.3 is 5.11 Å². The Balaban J connectivity index is 0.000000412. The van der Waals surface area contributed by atoms with Crippen molar-refractivity contribution in [3.63, 3.8) is 0 Å². The topological polar surface area (TPSA) is 109 Å². The molecule has 0 aromatic carbocycles. The maximum absolute atomic E-state index is 13.5. The van der Waals surface area contributed by atoms with E-state index < -0.39 is 39.0 Å². The van der Waals surface area contributed by atoms with Gasteiger partial charge in [0.25, 0.3) is 10.0 Å². The van der Waals surface area contributed by atoms with Gasteiger partial charge in [0.2, 0.25) is 11.0 Å². The zero-order chi connectivity index (χ0) is 20.1. The SMILES string of the molecule is Cc1ccc(F)c(S(=O)(=O)Nc2cccc(F)n2)n1.O=C(O)C(F)(F)F. The standard InChI is InChI=1S/C11H9F2N3O2S.C2HF3O2/c1-7-5-6-8(12)11(14-7)19(17,18)16-10-4-2-3-9(13)15-10;3-2(4,5)1(6)7/h2-6H,1H3,(H,15,16);(H,6,7). The van der Waals surface area contributed by atoms with Crippen LogP contribution in [0.2, 0.25) is 0 Å². The minimum atomic E-state index is -5.08. The van der Waals surface area contributed by atoms with E-state index in [1.54, 1.807) is 0 Å². The molecule has 0 aliphatic heterocycles. The van der Waals surface area contributed by atoms with Gasteiger partial charge in [-0.15, -0.1) is 0 Å². The van der Waals surface area contributed by atoms with Gasteiger partial charge in [0.05, 0.1) is 0 Å². The Kier molecular flexibility index (Phi) is 6.55. The minimum absolute atomic E-state index is 0.247. The lowest BCUT2D eigenvalue weighted by molar-refractivity contribution is -0.192. The van der Waals surface area contributed by atoms with Crippen LogP contribution in [-0.4, -0.2) is 35.6 Å². The molecule has 0 saturated carbocycles. The van der Waals surface area contributed by atoms with Crippen molar-refractivity contribution in [2.45, 2.75) is 18.1 Å². The molecule has 0 amide bonds. The van der Waals surface area contributed by atoms with Crippen LogP contribution in [0, 0.1) is 18.7 Å². The summed E-state index contributed by atoms with van der Waals surface area (Å²) >= 11 is 0. The van der Waals surface area contributed by atoms with Gasteiger partial charge in [-0.1, -0.05) is 6.07 Å². The van der Waals surface area contributed by atoms with Crippen molar-refractivity contribution in [2.24, 2.45) is 0 Å². The lowest BCUT2D eigenvalue weighted by atomic mass is 10.4. The number of pyridine rings is 2. The predicted molar refractivity (Wildman–Crippen MR) is 77.6 cm³/mol. The van der Waals surface area contributed by atoms with Crippen molar-refractivity contribution in [3.05, 3.63) is 47.8 Å². The second kappa shape index (κ2) is 8.03. The zero-order valence-electron chi connectivity index (χ0n) is 12.8. The molecule has 0 saturated heterocycles. The number of nitrogens with one attached hydrogen (secondary N) is 1. The van der Waals surface area contributed by atoms with Gasteiger partial charge in [0.15, 0.2) is 5.82 Å². The molecule has 2 aromatic rings. The highest BCUT2D eigenvalue weighted by Gasteiger charge is 2.38. The van der Waals surface area contributed by atoms with E-state index in [-0.39, 0.29) is 5.82 Å². The third-order valence-electron chi connectivity index (χ3n) is 2.40. The molecule has 2 N–H and O–H groups in total. The first kappa shape index (κ1) is 21.2. The first-order valence-electron chi connectivity index (χ1n) is 6.41. The van der Waals surface area contributed by atoms with E-state index in [0.29, 0.717) is 5.69 Å². The van der Waals surface area contributed by atoms with Gasteiger partial charge >= 0.3 is 12.1 Å². The van der Waals surface area contributed by atoms with Gasteiger partial charge in [-0.3, -0.25) is 4.72 Å². The van der Waals surface area contributed by atoms with Gasteiger partial charge in [-0.25, -0.2) is 19.2 Å². The number of hydrogen-bond donors (Lipinski definition) is 2. The fraction of sp³-hybridized carbons (Fsp3) is 0.154. The second-order valence-corrected chi connectivity index (χ2v) is 6.09. The van der Waals surface area contributed by atoms with Crippen LogP contribution in [0.25, 0.3) is 0 Å². The Hall–Kier alpha value is -2.83. The highest BCUT2D eigenvalue weighted by molar-refractivity contribution is 7.92. The number of aromatic nitrogens is 2. The van der Waals surface area contributed by atoms with Crippen molar-refractivity contribution in [1.29, 1.82) is 0 Å². The zero-order valence-corrected chi connectivity index (χ0v) is 13.6. The summed E-state index contributed by atoms with van der Waals surface area (Å²) in [5, 5.41) is 6.37. The van der Waals surface area contributed by atoms with E-state index >= 15 is 0 Å². The molecule has 2 aromatic heterocycles. The van der Waals surface area contributed by atoms with Crippen LogP contribution in [-0.2, 0) is 14.8 Å². The Morgan fingerprint density at radius 1 is 1.12 bits per heavy atom. The molecule has 142 valence electrons. The number of nitrogens with zero attached hydrogens (tertiary/aromatic N) is 2.